The average Bonchev–Trinajstić information content (AvgIpc) is 3.21. The van der Waals surface area contributed by atoms with Crippen LogP contribution in [-0.2, 0) is 32.7 Å². The number of allylic oxidation sites excluding steroid dienone is 6. The van der Waals surface area contributed by atoms with Gasteiger partial charge in [0.25, 0.3) is 7.82 Å². The molecule has 0 aromatic carbocycles. The summed E-state index contributed by atoms with van der Waals surface area (Å²) in [5.41, 5.74) is 0. The molecule has 61 heavy (non-hydrogen) atoms. The van der Waals surface area contributed by atoms with Crippen molar-refractivity contribution in [1.29, 1.82) is 0 Å². The molecule has 0 aromatic rings. The summed E-state index contributed by atoms with van der Waals surface area (Å²) < 4.78 is 33.9. The van der Waals surface area contributed by atoms with Gasteiger partial charge in [-0.25, -0.2) is 0 Å². The molecule has 0 aliphatic carbocycles. The lowest BCUT2D eigenvalue weighted by Crippen LogP contribution is -2.37. The molecule has 0 fully saturated rings. The van der Waals surface area contributed by atoms with E-state index in [0.717, 1.165) is 25.7 Å². The molecule has 0 aliphatic heterocycles. The molecule has 356 valence electrons. The molecule has 0 bridgehead atoms. The third kappa shape index (κ3) is 45.8. The topological polar surface area (TPSA) is 131 Å². The third-order valence-electron chi connectivity index (χ3n) is 10.4. The number of ether oxygens (including phenoxy) is 2. The van der Waals surface area contributed by atoms with E-state index in [4.69, 9.17) is 18.5 Å². The van der Waals surface area contributed by atoms with Crippen LogP contribution in [0.5, 0.6) is 0 Å². The summed E-state index contributed by atoms with van der Waals surface area (Å²) in [6.07, 6.45) is 46.0. The maximum absolute atomic E-state index is 12.7. The second-order valence-corrected chi connectivity index (χ2v) is 19.1. The highest BCUT2D eigenvalue weighted by molar-refractivity contribution is 7.45. The first-order chi connectivity index (χ1) is 29.4. The number of aliphatic hydroxyl groups excluding tert-OH is 1. The quantitative estimate of drug-likeness (QED) is 0.0159. The molecule has 0 rings (SSSR count). The summed E-state index contributed by atoms with van der Waals surface area (Å²) in [5.74, 6) is -0.934. The molecular formula is C50H92NO9P. The number of hydrogen-bond donors (Lipinski definition) is 1. The van der Waals surface area contributed by atoms with E-state index in [0.29, 0.717) is 36.7 Å². The number of phosphoric ester groups is 1. The molecule has 11 heteroatoms. The number of nitrogens with zero attached hydrogens (tertiary/aromatic N) is 1. The fraction of sp³-hybridized carbons (Fsp3) is 0.800. The molecule has 0 aromatic heterocycles. The lowest BCUT2D eigenvalue weighted by atomic mass is 10.0. The number of unbranched alkanes of at least 4 members (excludes halogenated alkanes) is 22. The van der Waals surface area contributed by atoms with Crippen molar-refractivity contribution >= 4 is 19.8 Å². The number of quaternary nitrogens is 1. The minimum atomic E-state index is -4.66. The van der Waals surface area contributed by atoms with Crippen LogP contribution in [-0.4, -0.2) is 81.2 Å². The van der Waals surface area contributed by atoms with Gasteiger partial charge in [-0.1, -0.05) is 191 Å². The summed E-state index contributed by atoms with van der Waals surface area (Å²) in [5, 5.41) is 10.1. The van der Waals surface area contributed by atoms with Gasteiger partial charge in [-0.3, -0.25) is 14.2 Å². The van der Waals surface area contributed by atoms with Crippen molar-refractivity contribution in [3.63, 3.8) is 0 Å². The fourth-order valence-electron chi connectivity index (χ4n) is 6.56. The average molecular weight is 882 g/mol. The Labute approximate surface area is 374 Å². The van der Waals surface area contributed by atoms with E-state index in [2.05, 4.69) is 19.9 Å². The predicted octanol–water partition coefficient (Wildman–Crippen LogP) is 12.6. The molecule has 0 radical (unpaired) electrons. The Morgan fingerprint density at radius 3 is 1.69 bits per heavy atom. The lowest BCUT2D eigenvalue weighted by Gasteiger charge is -2.28. The van der Waals surface area contributed by atoms with Gasteiger partial charge in [0.15, 0.2) is 6.10 Å². The molecule has 10 nitrogen and oxygen atoms in total. The number of esters is 2. The van der Waals surface area contributed by atoms with E-state index in [1.807, 2.05) is 57.6 Å². The van der Waals surface area contributed by atoms with E-state index < -0.39 is 38.6 Å². The number of hydrogen-bond acceptors (Lipinski definition) is 9. The van der Waals surface area contributed by atoms with E-state index in [9.17, 15) is 24.2 Å². The number of carbonyl (C=O) groups is 2. The second-order valence-electron chi connectivity index (χ2n) is 17.7. The number of aliphatic hydroxyl groups is 1. The summed E-state index contributed by atoms with van der Waals surface area (Å²) in [6.45, 7) is 4.06. The monoisotopic (exact) mass is 882 g/mol. The van der Waals surface area contributed by atoms with Crippen molar-refractivity contribution < 1.29 is 47.2 Å². The van der Waals surface area contributed by atoms with Crippen molar-refractivity contribution in [2.45, 2.75) is 212 Å². The van der Waals surface area contributed by atoms with Gasteiger partial charge in [0, 0.05) is 12.8 Å². The Morgan fingerprint density at radius 2 is 1.11 bits per heavy atom. The fourth-order valence-corrected chi connectivity index (χ4v) is 7.28. The Morgan fingerprint density at radius 1 is 0.607 bits per heavy atom. The first kappa shape index (κ1) is 58.9. The van der Waals surface area contributed by atoms with Crippen molar-refractivity contribution in [3.05, 3.63) is 48.6 Å². The maximum atomic E-state index is 12.7. The van der Waals surface area contributed by atoms with E-state index >= 15 is 0 Å². The van der Waals surface area contributed by atoms with Gasteiger partial charge in [-0.05, 0) is 44.9 Å². The largest absolute Gasteiger partial charge is 0.756 e. The molecule has 3 atom stereocenters. The smallest absolute Gasteiger partial charge is 0.306 e. The van der Waals surface area contributed by atoms with Crippen LogP contribution in [0, 0.1) is 0 Å². The molecule has 0 aliphatic rings. The van der Waals surface area contributed by atoms with E-state index in [1.165, 1.54) is 122 Å². The van der Waals surface area contributed by atoms with Crippen LogP contribution in [0.2, 0.25) is 0 Å². The second kappa shape index (κ2) is 41.9. The first-order valence-corrected chi connectivity index (χ1v) is 25.9. The van der Waals surface area contributed by atoms with Crippen LogP contribution in [0.4, 0.5) is 0 Å². The summed E-state index contributed by atoms with van der Waals surface area (Å²) in [7, 11) is 1.09. The zero-order valence-corrected chi connectivity index (χ0v) is 40.6. The van der Waals surface area contributed by atoms with Crippen LogP contribution in [0.25, 0.3) is 0 Å². The number of rotatable bonds is 44. The lowest BCUT2D eigenvalue weighted by molar-refractivity contribution is -0.870. The molecule has 0 saturated heterocycles. The van der Waals surface area contributed by atoms with Crippen molar-refractivity contribution in [2.24, 2.45) is 0 Å². The predicted molar refractivity (Wildman–Crippen MR) is 251 cm³/mol. The minimum Gasteiger partial charge on any atom is -0.756 e. The summed E-state index contributed by atoms with van der Waals surface area (Å²) in [4.78, 5) is 37.6. The Hall–Kier alpha value is -2.07. The molecular weight excluding hydrogens is 790 g/mol. The number of carbonyl (C=O) groups excluding carboxylic acids is 2. The number of likely N-dealkylation sites (N-methyl/N-ethyl adjacent to an activating group) is 1. The zero-order chi connectivity index (χ0) is 45.1. The molecule has 0 amide bonds. The zero-order valence-electron chi connectivity index (χ0n) is 39.7. The van der Waals surface area contributed by atoms with Crippen molar-refractivity contribution in [1.82, 2.24) is 0 Å². The molecule has 0 saturated carbocycles. The van der Waals surface area contributed by atoms with Gasteiger partial charge in [0.05, 0.1) is 33.9 Å². The SMILES string of the molecule is CCCCC/C=C\C[C@H](O)/C=C/C=C\C/C=C\CCCC(=O)O[C@H](COC(=O)CCCCCCCCCCCCCCCCCCCCC)COP(=O)([O-])OCC[N+](C)(C)C. The first-order valence-electron chi connectivity index (χ1n) is 24.5. The van der Waals surface area contributed by atoms with Crippen molar-refractivity contribution in [2.75, 3.05) is 47.5 Å². The maximum Gasteiger partial charge on any atom is 0.306 e. The van der Waals surface area contributed by atoms with Crippen LogP contribution >= 0.6 is 7.82 Å². The summed E-state index contributed by atoms with van der Waals surface area (Å²) in [6, 6.07) is 0. The van der Waals surface area contributed by atoms with Gasteiger partial charge in [0.2, 0.25) is 0 Å². The van der Waals surface area contributed by atoms with E-state index in [1.54, 1.807) is 6.08 Å². The van der Waals surface area contributed by atoms with E-state index in [-0.39, 0.29) is 26.1 Å². The normalized spacial score (nSPS) is 14.4. The number of phosphoric acid groups is 1. The molecule has 0 heterocycles. The van der Waals surface area contributed by atoms with Gasteiger partial charge < -0.3 is 33.0 Å². The van der Waals surface area contributed by atoms with Gasteiger partial charge in [-0.15, -0.1) is 0 Å². The molecule has 0 spiro atoms. The van der Waals surface area contributed by atoms with Gasteiger partial charge >= 0.3 is 11.9 Å². The molecule has 1 unspecified atom stereocenters. The molecule has 1 N–H and O–H groups in total. The third-order valence-corrected chi connectivity index (χ3v) is 11.4. The Bertz CT molecular complexity index is 1200. The van der Waals surface area contributed by atoms with Gasteiger partial charge in [0.1, 0.15) is 19.8 Å². The summed E-state index contributed by atoms with van der Waals surface area (Å²) >= 11 is 0. The highest BCUT2D eigenvalue weighted by atomic mass is 31.2. The van der Waals surface area contributed by atoms with Crippen molar-refractivity contribution in [3.8, 4) is 0 Å². The van der Waals surface area contributed by atoms with Crippen LogP contribution in [0.1, 0.15) is 200 Å². The standard InChI is InChI=1S/C50H92NO9P/c1-6-8-10-12-14-15-16-17-18-19-20-21-22-23-24-25-29-33-37-41-49(53)57-45-48(46-59-61(55,56)58-44-43-51(3,4)5)60-50(54)42-38-34-30-27-26-28-32-36-40-47(52)39-35-31-13-11-9-7-2/h27-28,30-32,35-36,40,47-48,52H,6-26,29,33-34,37-39,41-46H2,1-5H3/b30-27-,32-28-,35-31-,40-36+/t47-,48+/m0/s1. The Kier molecular flexibility index (Phi) is 40.5. The highest BCUT2D eigenvalue weighted by Gasteiger charge is 2.21. The minimum absolute atomic E-state index is 0.0522. The van der Waals surface area contributed by atoms with Gasteiger partial charge in [-0.2, -0.15) is 0 Å². The van der Waals surface area contributed by atoms with Crippen LogP contribution in [0.3, 0.4) is 0 Å². The highest BCUT2D eigenvalue weighted by Crippen LogP contribution is 2.38. The van der Waals surface area contributed by atoms with Crippen LogP contribution in [0.15, 0.2) is 48.6 Å². The Balaban J connectivity index is 4.41. The van der Waals surface area contributed by atoms with Crippen LogP contribution < -0.4 is 4.89 Å².